The minimum atomic E-state index is -0.621. The number of nitrogens with one attached hydrogen (secondary N) is 1. The van der Waals surface area contributed by atoms with Gasteiger partial charge in [-0.1, -0.05) is 29.3 Å². The summed E-state index contributed by atoms with van der Waals surface area (Å²) in [6, 6.07) is 5.37. The van der Waals surface area contributed by atoms with Gasteiger partial charge in [0.05, 0.1) is 5.54 Å². The molecule has 5 heteroatoms. The van der Waals surface area contributed by atoms with Crippen molar-refractivity contribution < 1.29 is 4.79 Å². The van der Waals surface area contributed by atoms with E-state index in [0.717, 1.165) is 18.4 Å². The molecule has 17 heavy (non-hydrogen) atoms. The molecule has 1 fully saturated rings. The molecule has 1 saturated carbocycles. The van der Waals surface area contributed by atoms with Crippen LogP contribution < -0.4 is 11.1 Å². The molecule has 0 heterocycles. The summed E-state index contributed by atoms with van der Waals surface area (Å²) in [6.07, 6.45) is 2.15. The molecule has 1 aromatic rings. The first-order valence-electron chi connectivity index (χ1n) is 5.53. The van der Waals surface area contributed by atoms with Crippen LogP contribution in [-0.4, -0.2) is 18.0 Å². The lowest BCUT2D eigenvalue weighted by Gasteiger charge is -2.11. The molecule has 0 aromatic heterocycles. The number of rotatable bonds is 4. The third-order valence-electron chi connectivity index (χ3n) is 2.96. The van der Waals surface area contributed by atoms with Gasteiger partial charge in [0.2, 0.25) is 5.91 Å². The maximum absolute atomic E-state index is 11.6. The molecule has 0 radical (unpaired) electrons. The van der Waals surface area contributed by atoms with E-state index in [-0.39, 0.29) is 5.91 Å². The van der Waals surface area contributed by atoms with Gasteiger partial charge >= 0.3 is 0 Å². The Morgan fingerprint density at radius 3 is 2.47 bits per heavy atom. The van der Waals surface area contributed by atoms with Crippen LogP contribution in [0.3, 0.4) is 0 Å². The average molecular weight is 273 g/mol. The first-order valence-corrected chi connectivity index (χ1v) is 6.28. The molecule has 0 unspecified atom stereocenters. The summed E-state index contributed by atoms with van der Waals surface area (Å²) in [5.74, 6) is -0.0827. The molecule has 3 nitrogen and oxygen atoms in total. The van der Waals surface area contributed by atoms with E-state index >= 15 is 0 Å². The third-order valence-corrected chi connectivity index (χ3v) is 3.67. The number of amides is 1. The smallest absolute Gasteiger partial charge is 0.240 e. The third kappa shape index (κ3) is 2.92. The van der Waals surface area contributed by atoms with Crippen LogP contribution in [0.4, 0.5) is 0 Å². The summed E-state index contributed by atoms with van der Waals surface area (Å²) in [6.45, 7) is 0.501. The van der Waals surface area contributed by atoms with E-state index in [9.17, 15) is 4.79 Å². The van der Waals surface area contributed by atoms with Crippen molar-refractivity contribution in [2.75, 3.05) is 6.54 Å². The summed E-state index contributed by atoms with van der Waals surface area (Å²) >= 11 is 12.1. The van der Waals surface area contributed by atoms with E-state index in [1.54, 1.807) is 18.2 Å². The fourth-order valence-electron chi connectivity index (χ4n) is 1.61. The molecule has 0 saturated heterocycles. The second kappa shape index (κ2) is 4.84. The molecule has 92 valence electrons. The van der Waals surface area contributed by atoms with E-state index in [1.165, 1.54) is 0 Å². The highest BCUT2D eigenvalue weighted by molar-refractivity contribution is 6.35. The van der Waals surface area contributed by atoms with Crippen molar-refractivity contribution in [1.82, 2.24) is 5.32 Å². The lowest BCUT2D eigenvalue weighted by atomic mass is 10.1. The molecular formula is C12H14Cl2N2O. The van der Waals surface area contributed by atoms with Crippen molar-refractivity contribution in [3.05, 3.63) is 33.8 Å². The summed E-state index contributed by atoms with van der Waals surface area (Å²) < 4.78 is 0. The maximum Gasteiger partial charge on any atom is 0.240 e. The summed E-state index contributed by atoms with van der Waals surface area (Å²) in [5.41, 5.74) is 6.00. The second-order valence-corrected chi connectivity index (χ2v) is 5.18. The highest BCUT2D eigenvalue weighted by Gasteiger charge is 2.45. The number of carbonyl (C=O) groups is 1. The van der Waals surface area contributed by atoms with Gasteiger partial charge in [0, 0.05) is 16.6 Å². The Balaban J connectivity index is 1.88. The first-order chi connectivity index (χ1) is 8.03. The fourth-order valence-corrected chi connectivity index (χ4v) is 2.20. The molecule has 0 atom stereocenters. The topological polar surface area (TPSA) is 55.1 Å². The minimum Gasteiger partial charge on any atom is -0.354 e. The van der Waals surface area contributed by atoms with Crippen molar-refractivity contribution in [2.45, 2.75) is 24.8 Å². The van der Waals surface area contributed by atoms with Crippen LogP contribution >= 0.6 is 23.2 Å². The van der Waals surface area contributed by atoms with E-state index in [0.29, 0.717) is 23.0 Å². The Hall–Kier alpha value is -0.770. The maximum atomic E-state index is 11.6. The minimum absolute atomic E-state index is 0.0827. The Morgan fingerprint density at radius 2 is 1.94 bits per heavy atom. The van der Waals surface area contributed by atoms with Crippen molar-refractivity contribution in [3.63, 3.8) is 0 Å². The molecule has 0 bridgehead atoms. The monoisotopic (exact) mass is 272 g/mol. The Labute approximate surface area is 110 Å². The number of benzene rings is 1. The molecule has 3 N–H and O–H groups in total. The highest BCUT2D eigenvalue weighted by Crippen LogP contribution is 2.32. The predicted octanol–water partition coefficient (Wildman–Crippen LogP) is 2.14. The van der Waals surface area contributed by atoms with E-state index < -0.39 is 5.54 Å². The largest absolute Gasteiger partial charge is 0.354 e. The predicted molar refractivity (Wildman–Crippen MR) is 69.3 cm³/mol. The Kier molecular flexibility index (Phi) is 3.61. The van der Waals surface area contributed by atoms with Gasteiger partial charge in [0.25, 0.3) is 0 Å². The van der Waals surface area contributed by atoms with Crippen LogP contribution in [0.5, 0.6) is 0 Å². The summed E-state index contributed by atoms with van der Waals surface area (Å²) in [7, 11) is 0. The van der Waals surface area contributed by atoms with E-state index in [4.69, 9.17) is 28.9 Å². The molecular weight excluding hydrogens is 259 g/mol. The van der Waals surface area contributed by atoms with Gasteiger partial charge in [0.1, 0.15) is 0 Å². The lowest BCUT2D eigenvalue weighted by Crippen LogP contribution is -2.43. The average Bonchev–Trinajstić information content (AvgIpc) is 3.02. The van der Waals surface area contributed by atoms with Crippen molar-refractivity contribution in [2.24, 2.45) is 5.73 Å². The molecule has 0 spiro atoms. The van der Waals surface area contributed by atoms with Gasteiger partial charge in [-0.15, -0.1) is 0 Å². The number of hydrogen-bond donors (Lipinski definition) is 2. The second-order valence-electron chi connectivity index (χ2n) is 4.36. The molecule has 1 amide bonds. The lowest BCUT2D eigenvalue weighted by molar-refractivity contribution is -0.123. The van der Waals surface area contributed by atoms with Crippen LogP contribution in [0.25, 0.3) is 0 Å². The van der Waals surface area contributed by atoms with E-state index in [1.807, 2.05) is 0 Å². The van der Waals surface area contributed by atoms with Gasteiger partial charge in [0.15, 0.2) is 0 Å². The van der Waals surface area contributed by atoms with Crippen LogP contribution in [0.15, 0.2) is 18.2 Å². The van der Waals surface area contributed by atoms with E-state index in [2.05, 4.69) is 5.32 Å². The molecule has 1 aliphatic carbocycles. The zero-order valence-corrected chi connectivity index (χ0v) is 10.8. The van der Waals surface area contributed by atoms with Crippen LogP contribution in [0, 0.1) is 0 Å². The van der Waals surface area contributed by atoms with Crippen molar-refractivity contribution >= 4 is 29.1 Å². The van der Waals surface area contributed by atoms with Crippen LogP contribution in [0.1, 0.15) is 18.4 Å². The number of hydrogen-bond acceptors (Lipinski definition) is 2. The molecule has 0 aliphatic heterocycles. The number of halogens is 2. The van der Waals surface area contributed by atoms with Crippen molar-refractivity contribution in [1.29, 1.82) is 0 Å². The van der Waals surface area contributed by atoms with Crippen LogP contribution in [0.2, 0.25) is 10.0 Å². The Bertz CT molecular complexity index is 424. The summed E-state index contributed by atoms with van der Waals surface area (Å²) in [5, 5.41) is 4.06. The standard InChI is InChI=1S/C12H14Cl2N2O/c13-9-2-1-3-10(14)8(9)4-7-16-11(17)12(15)5-6-12/h1-3H,4-7,15H2,(H,16,17). The van der Waals surface area contributed by atoms with Gasteiger partial charge < -0.3 is 11.1 Å². The number of nitrogens with two attached hydrogens (primary N) is 1. The van der Waals surface area contributed by atoms with Crippen molar-refractivity contribution in [3.8, 4) is 0 Å². The molecule has 1 aliphatic rings. The van der Waals surface area contributed by atoms with Gasteiger partial charge in [-0.05, 0) is 37.0 Å². The van der Waals surface area contributed by atoms with Gasteiger partial charge in [-0.3, -0.25) is 4.79 Å². The number of carbonyl (C=O) groups excluding carboxylic acids is 1. The first kappa shape index (κ1) is 12.7. The SMILES string of the molecule is NC1(C(=O)NCCc2c(Cl)cccc2Cl)CC1. The Morgan fingerprint density at radius 1 is 1.35 bits per heavy atom. The van der Waals surface area contributed by atoms with Gasteiger partial charge in [-0.25, -0.2) is 0 Å². The fraction of sp³-hybridized carbons (Fsp3) is 0.417. The molecule has 1 aromatic carbocycles. The van der Waals surface area contributed by atoms with Gasteiger partial charge in [-0.2, -0.15) is 0 Å². The highest BCUT2D eigenvalue weighted by atomic mass is 35.5. The van der Waals surface area contributed by atoms with Crippen LogP contribution in [-0.2, 0) is 11.2 Å². The zero-order chi connectivity index (χ0) is 12.5. The quantitative estimate of drug-likeness (QED) is 0.883. The molecule has 2 rings (SSSR count). The zero-order valence-electron chi connectivity index (χ0n) is 9.30. The normalized spacial score (nSPS) is 16.6. The summed E-state index contributed by atoms with van der Waals surface area (Å²) in [4.78, 5) is 11.6.